The zero-order chi connectivity index (χ0) is 19.0. The summed E-state index contributed by atoms with van der Waals surface area (Å²) >= 11 is 0. The Morgan fingerprint density at radius 1 is 1.12 bits per heavy atom. The summed E-state index contributed by atoms with van der Waals surface area (Å²) in [5.41, 5.74) is 0.483. The minimum atomic E-state index is -0.719. The van der Waals surface area contributed by atoms with Crippen LogP contribution in [0, 0.1) is 5.92 Å². The minimum Gasteiger partial charge on any atom is -0.493 e. The van der Waals surface area contributed by atoms with Crippen LogP contribution in [0.3, 0.4) is 0 Å². The van der Waals surface area contributed by atoms with Crippen molar-refractivity contribution in [3.63, 3.8) is 0 Å². The normalized spacial score (nSPS) is 11.6. The Morgan fingerprint density at radius 3 is 2.32 bits per heavy atom. The molecule has 0 unspecified atom stereocenters. The van der Waals surface area contributed by atoms with Crippen LogP contribution in [-0.2, 0) is 14.3 Å². The summed E-state index contributed by atoms with van der Waals surface area (Å²) in [6, 6.07) is 3.98. The van der Waals surface area contributed by atoms with Crippen LogP contribution in [0.1, 0.15) is 37.6 Å². The van der Waals surface area contributed by atoms with Gasteiger partial charge in [0.1, 0.15) is 6.04 Å². The van der Waals surface area contributed by atoms with Crippen LogP contribution in [-0.4, -0.2) is 44.5 Å². The Labute approximate surface area is 147 Å². The fourth-order valence-corrected chi connectivity index (χ4v) is 2.21. The molecule has 0 aliphatic heterocycles. The molecule has 1 atom stereocenters. The molecule has 0 radical (unpaired) electrons. The molecule has 138 valence electrons. The fourth-order valence-electron chi connectivity index (χ4n) is 2.21. The lowest BCUT2D eigenvalue weighted by molar-refractivity contribution is -0.145. The van der Waals surface area contributed by atoms with Gasteiger partial charge in [-0.05, 0) is 37.5 Å². The van der Waals surface area contributed by atoms with Gasteiger partial charge in [-0.1, -0.05) is 13.8 Å². The number of rotatable bonds is 9. The van der Waals surface area contributed by atoms with Crippen LogP contribution in [0.5, 0.6) is 11.5 Å². The number of amides is 1. The van der Waals surface area contributed by atoms with E-state index in [4.69, 9.17) is 14.2 Å². The Bertz CT molecular complexity index is 626. The third-order valence-electron chi connectivity index (χ3n) is 3.46. The van der Waals surface area contributed by atoms with Crippen molar-refractivity contribution in [2.45, 2.75) is 33.2 Å². The number of hydrogen-bond acceptors (Lipinski definition) is 6. The van der Waals surface area contributed by atoms with E-state index in [9.17, 15) is 14.4 Å². The third kappa shape index (κ3) is 6.45. The maximum absolute atomic E-state index is 12.1. The maximum Gasteiger partial charge on any atom is 0.328 e. The van der Waals surface area contributed by atoms with E-state index in [1.165, 1.54) is 21.1 Å². The third-order valence-corrected chi connectivity index (χ3v) is 3.46. The summed E-state index contributed by atoms with van der Waals surface area (Å²) in [7, 11) is 2.72. The predicted octanol–water partition coefficient (Wildman–Crippen LogP) is 1.98. The van der Waals surface area contributed by atoms with Gasteiger partial charge in [-0.25, -0.2) is 4.79 Å². The number of esters is 1. The van der Waals surface area contributed by atoms with Crippen molar-refractivity contribution in [3.8, 4) is 11.5 Å². The summed E-state index contributed by atoms with van der Waals surface area (Å²) < 4.78 is 15.3. The number of ketones is 1. The molecule has 1 aromatic rings. The van der Waals surface area contributed by atoms with Crippen LogP contribution in [0.4, 0.5) is 0 Å². The van der Waals surface area contributed by atoms with E-state index < -0.39 is 17.9 Å². The van der Waals surface area contributed by atoms with Gasteiger partial charge in [0.15, 0.2) is 23.9 Å². The van der Waals surface area contributed by atoms with Crippen molar-refractivity contribution in [1.29, 1.82) is 0 Å². The number of benzene rings is 1. The van der Waals surface area contributed by atoms with E-state index in [1.54, 1.807) is 18.2 Å². The molecule has 7 heteroatoms. The number of hydrogen-bond donors (Lipinski definition) is 1. The Hall–Kier alpha value is -2.57. The summed E-state index contributed by atoms with van der Waals surface area (Å²) in [4.78, 5) is 35.2. The topological polar surface area (TPSA) is 90.9 Å². The van der Waals surface area contributed by atoms with Gasteiger partial charge < -0.3 is 19.5 Å². The summed E-state index contributed by atoms with van der Waals surface area (Å²) in [6.07, 6.45) is 0.467. The lowest BCUT2D eigenvalue weighted by Crippen LogP contribution is -2.44. The molecule has 1 aromatic carbocycles. The number of ether oxygens (including phenoxy) is 3. The van der Waals surface area contributed by atoms with Gasteiger partial charge in [-0.3, -0.25) is 9.59 Å². The molecule has 0 spiro atoms. The van der Waals surface area contributed by atoms with Crippen molar-refractivity contribution < 1.29 is 28.6 Å². The molecule has 7 nitrogen and oxygen atoms in total. The first kappa shape index (κ1) is 20.5. The van der Waals surface area contributed by atoms with Gasteiger partial charge in [0.2, 0.25) is 0 Å². The summed E-state index contributed by atoms with van der Waals surface area (Å²) in [5.74, 6) is -0.144. The molecular formula is C18H25NO6. The largest absolute Gasteiger partial charge is 0.493 e. The van der Waals surface area contributed by atoms with Gasteiger partial charge in [-0.15, -0.1) is 0 Å². The zero-order valence-corrected chi connectivity index (χ0v) is 15.3. The zero-order valence-electron chi connectivity index (χ0n) is 15.3. The smallest absolute Gasteiger partial charge is 0.328 e. The molecule has 1 amide bonds. The fraction of sp³-hybridized carbons (Fsp3) is 0.500. The molecule has 0 saturated carbocycles. The first-order valence-electron chi connectivity index (χ1n) is 7.97. The van der Waals surface area contributed by atoms with Crippen LogP contribution < -0.4 is 14.8 Å². The van der Waals surface area contributed by atoms with Gasteiger partial charge in [0.05, 0.1) is 14.2 Å². The average molecular weight is 351 g/mol. The quantitative estimate of drug-likeness (QED) is 0.540. The van der Waals surface area contributed by atoms with Crippen LogP contribution in [0.15, 0.2) is 18.2 Å². The Morgan fingerprint density at radius 2 is 1.80 bits per heavy atom. The second kappa shape index (κ2) is 9.66. The highest BCUT2D eigenvalue weighted by atomic mass is 16.5. The summed E-state index contributed by atoms with van der Waals surface area (Å²) in [5, 5.41) is 2.60. The van der Waals surface area contributed by atoms with Crippen molar-refractivity contribution >= 4 is 17.7 Å². The molecule has 1 rings (SSSR count). The molecule has 1 N–H and O–H groups in total. The monoisotopic (exact) mass is 351 g/mol. The lowest BCUT2D eigenvalue weighted by atomic mass is 10.0. The van der Waals surface area contributed by atoms with E-state index in [2.05, 4.69) is 5.32 Å². The first-order chi connectivity index (χ1) is 11.8. The Kier molecular flexibility index (Phi) is 7.91. The second-order valence-corrected chi connectivity index (χ2v) is 5.98. The molecule has 0 aliphatic rings. The molecule has 0 aliphatic carbocycles. The van der Waals surface area contributed by atoms with Crippen molar-refractivity contribution in [2.24, 2.45) is 5.92 Å². The second-order valence-electron chi connectivity index (χ2n) is 5.98. The molecule has 0 saturated heterocycles. The highest BCUT2D eigenvalue weighted by Gasteiger charge is 2.23. The van der Waals surface area contributed by atoms with Crippen molar-refractivity contribution in [1.82, 2.24) is 5.32 Å². The van der Waals surface area contributed by atoms with E-state index in [0.717, 1.165) is 0 Å². The molecule has 0 aromatic heterocycles. The van der Waals surface area contributed by atoms with Gasteiger partial charge >= 0.3 is 5.97 Å². The van der Waals surface area contributed by atoms with Crippen LogP contribution in [0.2, 0.25) is 0 Å². The maximum atomic E-state index is 12.1. The summed E-state index contributed by atoms with van der Waals surface area (Å²) in [6.45, 7) is 5.05. The van der Waals surface area contributed by atoms with Crippen LogP contribution >= 0.6 is 0 Å². The van der Waals surface area contributed by atoms with Crippen molar-refractivity contribution in [3.05, 3.63) is 23.8 Å². The SMILES string of the molecule is COC(=O)[C@H](CC(C)C)NC(=O)COc1ccc(C(C)=O)cc1OC. The molecule has 0 heterocycles. The standard InChI is InChI=1S/C18H25NO6/c1-11(2)8-14(18(22)24-5)19-17(21)10-25-15-7-6-13(12(3)20)9-16(15)23-4/h6-7,9,11,14H,8,10H2,1-5H3,(H,19,21)/t14-/m0/s1. The minimum absolute atomic E-state index is 0.0998. The van der Waals surface area contributed by atoms with Gasteiger partial charge in [0.25, 0.3) is 5.91 Å². The number of Topliss-reactive ketones (excluding diaryl/α,β-unsaturated/α-hetero) is 1. The molecule has 0 bridgehead atoms. The number of carbonyl (C=O) groups excluding carboxylic acids is 3. The van der Waals surface area contributed by atoms with Crippen LogP contribution in [0.25, 0.3) is 0 Å². The predicted molar refractivity (Wildman–Crippen MR) is 91.9 cm³/mol. The Balaban J connectivity index is 2.71. The lowest BCUT2D eigenvalue weighted by Gasteiger charge is -2.18. The number of carbonyl (C=O) groups is 3. The number of nitrogens with one attached hydrogen (secondary N) is 1. The number of methoxy groups -OCH3 is 2. The first-order valence-corrected chi connectivity index (χ1v) is 7.97. The van der Waals surface area contributed by atoms with E-state index in [1.807, 2.05) is 13.8 Å². The van der Waals surface area contributed by atoms with E-state index in [-0.39, 0.29) is 18.3 Å². The highest BCUT2D eigenvalue weighted by molar-refractivity contribution is 5.94. The molecule has 25 heavy (non-hydrogen) atoms. The van der Waals surface area contributed by atoms with E-state index in [0.29, 0.717) is 23.5 Å². The molecular weight excluding hydrogens is 326 g/mol. The van der Waals surface area contributed by atoms with E-state index >= 15 is 0 Å². The molecule has 0 fully saturated rings. The van der Waals surface area contributed by atoms with Gasteiger partial charge in [-0.2, -0.15) is 0 Å². The van der Waals surface area contributed by atoms with Gasteiger partial charge in [0, 0.05) is 5.56 Å². The average Bonchev–Trinajstić information content (AvgIpc) is 2.57. The highest BCUT2D eigenvalue weighted by Crippen LogP contribution is 2.28. The van der Waals surface area contributed by atoms with Crippen molar-refractivity contribution in [2.75, 3.05) is 20.8 Å².